The van der Waals surface area contributed by atoms with Crippen LogP contribution in [0, 0.1) is 10.1 Å². The van der Waals surface area contributed by atoms with Crippen LogP contribution in [-0.4, -0.2) is 27.4 Å². The Labute approximate surface area is 144 Å². The number of nitro groups is 1. The molecule has 0 amide bonds. The number of hydrogen-bond acceptors (Lipinski definition) is 4. The molecule has 126 valence electrons. The normalized spacial score (nSPS) is 10.8. The van der Waals surface area contributed by atoms with Gasteiger partial charge in [-0.15, -0.1) is 0 Å². The average molecular weight is 349 g/mol. The molecule has 0 fully saturated rings. The van der Waals surface area contributed by atoms with Gasteiger partial charge < -0.3 is 5.11 Å². The standard InChI is InChI=1S/C17H17ClN2O4/c18-15-5-1-13(2-6-15)11-19(10-9-17(21)22)12-14-3-7-16(8-4-14)20(23)24/h1-8H,9-12H2,(H,21,22). The van der Waals surface area contributed by atoms with Gasteiger partial charge in [-0.3, -0.25) is 19.8 Å². The number of nitro benzene ring substituents is 1. The Balaban J connectivity index is 2.08. The molecule has 24 heavy (non-hydrogen) atoms. The Morgan fingerprint density at radius 2 is 1.54 bits per heavy atom. The van der Waals surface area contributed by atoms with Gasteiger partial charge in [-0.25, -0.2) is 0 Å². The van der Waals surface area contributed by atoms with Crippen LogP contribution in [0.2, 0.25) is 5.02 Å². The summed E-state index contributed by atoms with van der Waals surface area (Å²) < 4.78 is 0. The van der Waals surface area contributed by atoms with Crippen molar-refractivity contribution in [2.45, 2.75) is 19.5 Å². The quantitative estimate of drug-likeness (QED) is 0.580. The highest BCUT2D eigenvalue weighted by Crippen LogP contribution is 2.16. The first-order chi connectivity index (χ1) is 11.4. The zero-order valence-electron chi connectivity index (χ0n) is 12.9. The molecule has 0 atom stereocenters. The monoisotopic (exact) mass is 348 g/mol. The Morgan fingerprint density at radius 1 is 1.04 bits per heavy atom. The molecular weight excluding hydrogens is 332 g/mol. The van der Waals surface area contributed by atoms with Crippen molar-refractivity contribution in [1.82, 2.24) is 4.90 Å². The predicted octanol–water partition coefficient (Wildman–Crippen LogP) is 3.73. The van der Waals surface area contributed by atoms with E-state index < -0.39 is 10.9 Å². The summed E-state index contributed by atoms with van der Waals surface area (Å²) in [5.74, 6) is -0.861. The van der Waals surface area contributed by atoms with Crippen LogP contribution < -0.4 is 0 Å². The summed E-state index contributed by atoms with van der Waals surface area (Å²) >= 11 is 5.87. The molecule has 0 unspecified atom stereocenters. The molecular formula is C17H17ClN2O4. The Hall–Kier alpha value is -2.44. The lowest BCUT2D eigenvalue weighted by atomic mass is 10.1. The molecule has 0 heterocycles. The Bertz CT molecular complexity index is 702. The van der Waals surface area contributed by atoms with Crippen molar-refractivity contribution in [2.24, 2.45) is 0 Å². The summed E-state index contributed by atoms with van der Waals surface area (Å²) in [4.78, 5) is 23.1. The van der Waals surface area contributed by atoms with Crippen LogP contribution in [0.1, 0.15) is 17.5 Å². The number of nitrogens with zero attached hydrogens (tertiary/aromatic N) is 2. The predicted molar refractivity (Wildman–Crippen MR) is 90.9 cm³/mol. The number of carboxylic acid groups (broad SMARTS) is 1. The summed E-state index contributed by atoms with van der Waals surface area (Å²) in [6, 6.07) is 13.6. The van der Waals surface area contributed by atoms with E-state index in [-0.39, 0.29) is 12.1 Å². The molecule has 0 saturated heterocycles. The van der Waals surface area contributed by atoms with E-state index in [1.165, 1.54) is 12.1 Å². The summed E-state index contributed by atoms with van der Waals surface area (Å²) in [6.07, 6.45) is 0.0283. The van der Waals surface area contributed by atoms with E-state index in [0.717, 1.165) is 11.1 Å². The number of non-ortho nitro benzene ring substituents is 1. The van der Waals surface area contributed by atoms with Crippen LogP contribution in [0.4, 0.5) is 5.69 Å². The minimum absolute atomic E-state index is 0.0283. The van der Waals surface area contributed by atoms with Gasteiger partial charge in [-0.05, 0) is 23.3 Å². The fourth-order valence-corrected chi connectivity index (χ4v) is 2.42. The van der Waals surface area contributed by atoms with Crippen molar-refractivity contribution >= 4 is 23.3 Å². The fourth-order valence-electron chi connectivity index (χ4n) is 2.30. The molecule has 0 aliphatic heterocycles. The highest BCUT2D eigenvalue weighted by molar-refractivity contribution is 6.30. The fraction of sp³-hybridized carbons (Fsp3) is 0.235. The third-order valence-electron chi connectivity index (χ3n) is 3.51. The first-order valence-corrected chi connectivity index (χ1v) is 7.74. The summed E-state index contributed by atoms with van der Waals surface area (Å²) in [5, 5.41) is 20.3. The molecule has 0 aromatic heterocycles. The second kappa shape index (κ2) is 8.42. The smallest absolute Gasteiger partial charge is 0.304 e. The summed E-state index contributed by atoms with van der Waals surface area (Å²) in [7, 11) is 0. The number of halogens is 1. The summed E-state index contributed by atoms with van der Waals surface area (Å²) in [6.45, 7) is 1.46. The second-order valence-electron chi connectivity index (χ2n) is 5.40. The van der Waals surface area contributed by atoms with Crippen LogP contribution in [0.15, 0.2) is 48.5 Å². The number of hydrogen-bond donors (Lipinski definition) is 1. The molecule has 0 aliphatic rings. The van der Waals surface area contributed by atoms with E-state index >= 15 is 0 Å². The van der Waals surface area contributed by atoms with E-state index in [0.29, 0.717) is 24.7 Å². The molecule has 0 radical (unpaired) electrons. The largest absolute Gasteiger partial charge is 0.481 e. The van der Waals surface area contributed by atoms with E-state index in [1.54, 1.807) is 24.3 Å². The molecule has 0 bridgehead atoms. The SMILES string of the molecule is O=C(O)CCN(Cc1ccc(Cl)cc1)Cc1ccc([N+](=O)[O-])cc1. The zero-order chi connectivity index (χ0) is 17.5. The van der Waals surface area contributed by atoms with Crippen molar-refractivity contribution in [3.63, 3.8) is 0 Å². The maximum absolute atomic E-state index is 10.9. The lowest BCUT2D eigenvalue weighted by molar-refractivity contribution is -0.384. The number of rotatable bonds is 8. The van der Waals surface area contributed by atoms with Crippen LogP contribution in [0.5, 0.6) is 0 Å². The van der Waals surface area contributed by atoms with E-state index in [2.05, 4.69) is 0 Å². The van der Waals surface area contributed by atoms with Crippen LogP contribution in [0.3, 0.4) is 0 Å². The molecule has 6 nitrogen and oxygen atoms in total. The molecule has 2 aromatic carbocycles. The van der Waals surface area contributed by atoms with Gasteiger partial charge in [0.05, 0.1) is 11.3 Å². The molecule has 2 aromatic rings. The molecule has 0 aliphatic carbocycles. The van der Waals surface area contributed by atoms with Crippen molar-refractivity contribution in [3.8, 4) is 0 Å². The number of carbonyl (C=O) groups is 1. The minimum atomic E-state index is -0.861. The van der Waals surface area contributed by atoms with Crippen LogP contribution >= 0.6 is 11.6 Å². The topological polar surface area (TPSA) is 83.7 Å². The van der Waals surface area contributed by atoms with E-state index in [9.17, 15) is 14.9 Å². The van der Waals surface area contributed by atoms with Crippen LogP contribution in [0.25, 0.3) is 0 Å². The molecule has 2 rings (SSSR count). The van der Waals surface area contributed by atoms with E-state index in [1.807, 2.05) is 17.0 Å². The lowest BCUT2D eigenvalue weighted by Gasteiger charge is -2.22. The Kier molecular flexibility index (Phi) is 6.28. The van der Waals surface area contributed by atoms with Gasteiger partial charge in [0.25, 0.3) is 5.69 Å². The number of aliphatic carboxylic acids is 1. The van der Waals surface area contributed by atoms with Gasteiger partial charge in [0.15, 0.2) is 0 Å². The first kappa shape index (κ1) is 17.9. The van der Waals surface area contributed by atoms with Gasteiger partial charge in [0.2, 0.25) is 0 Å². The van der Waals surface area contributed by atoms with Crippen molar-refractivity contribution in [3.05, 3.63) is 74.8 Å². The van der Waals surface area contributed by atoms with Gasteiger partial charge in [0, 0.05) is 36.8 Å². The lowest BCUT2D eigenvalue weighted by Crippen LogP contribution is -2.25. The van der Waals surface area contributed by atoms with Crippen molar-refractivity contribution in [2.75, 3.05) is 6.54 Å². The molecule has 1 N–H and O–H groups in total. The maximum atomic E-state index is 10.9. The number of carboxylic acids is 1. The molecule has 0 spiro atoms. The van der Waals surface area contributed by atoms with Gasteiger partial charge in [0.1, 0.15) is 0 Å². The second-order valence-corrected chi connectivity index (χ2v) is 5.84. The van der Waals surface area contributed by atoms with Gasteiger partial charge >= 0.3 is 5.97 Å². The van der Waals surface area contributed by atoms with Crippen molar-refractivity contribution in [1.29, 1.82) is 0 Å². The minimum Gasteiger partial charge on any atom is -0.481 e. The first-order valence-electron chi connectivity index (χ1n) is 7.36. The highest BCUT2D eigenvalue weighted by Gasteiger charge is 2.11. The van der Waals surface area contributed by atoms with Gasteiger partial charge in [-0.2, -0.15) is 0 Å². The number of benzene rings is 2. The maximum Gasteiger partial charge on any atom is 0.304 e. The van der Waals surface area contributed by atoms with E-state index in [4.69, 9.17) is 16.7 Å². The van der Waals surface area contributed by atoms with Crippen LogP contribution in [-0.2, 0) is 17.9 Å². The van der Waals surface area contributed by atoms with Gasteiger partial charge in [-0.1, -0.05) is 35.9 Å². The molecule has 0 saturated carbocycles. The zero-order valence-corrected chi connectivity index (χ0v) is 13.6. The molecule has 7 heteroatoms. The van der Waals surface area contributed by atoms with Crippen molar-refractivity contribution < 1.29 is 14.8 Å². The average Bonchev–Trinajstić information content (AvgIpc) is 2.55. The highest BCUT2D eigenvalue weighted by atomic mass is 35.5. The Morgan fingerprint density at radius 3 is 2.00 bits per heavy atom. The third-order valence-corrected chi connectivity index (χ3v) is 3.77. The summed E-state index contributed by atoms with van der Waals surface area (Å²) in [5.41, 5.74) is 1.94. The third kappa shape index (κ3) is 5.64.